The topological polar surface area (TPSA) is 64.3 Å². The van der Waals surface area contributed by atoms with Crippen molar-refractivity contribution >= 4 is 5.91 Å². The van der Waals surface area contributed by atoms with Crippen LogP contribution in [0.15, 0.2) is 0 Å². The van der Waals surface area contributed by atoms with Crippen molar-refractivity contribution in [3.8, 4) is 0 Å². The van der Waals surface area contributed by atoms with Crippen molar-refractivity contribution in [2.45, 2.75) is 38.1 Å². The van der Waals surface area contributed by atoms with Gasteiger partial charge in [0.05, 0.1) is 12.6 Å². The van der Waals surface area contributed by atoms with Crippen LogP contribution in [0.2, 0.25) is 0 Å². The first-order chi connectivity index (χ1) is 9.21. The predicted octanol–water partition coefficient (Wildman–Crippen LogP) is 1.15. The predicted molar refractivity (Wildman–Crippen MR) is 73.4 cm³/mol. The maximum absolute atomic E-state index is 12.6. The molecule has 0 aromatic heterocycles. The van der Waals surface area contributed by atoms with E-state index < -0.39 is 0 Å². The Balaban J connectivity index is 1.63. The molecule has 4 fully saturated rings. The molecular weight excluding hydrogens is 240 g/mol. The van der Waals surface area contributed by atoms with Gasteiger partial charge >= 0.3 is 0 Å². The lowest BCUT2D eigenvalue weighted by Crippen LogP contribution is -2.54. The molecular formula is C15H26N2O2. The van der Waals surface area contributed by atoms with E-state index in [1.54, 1.807) is 7.11 Å². The third-order valence-corrected chi connectivity index (χ3v) is 5.53. The van der Waals surface area contributed by atoms with Crippen molar-refractivity contribution in [2.24, 2.45) is 35.3 Å². The summed E-state index contributed by atoms with van der Waals surface area (Å²) >= 11 is 0. The monoisotopic (exact) mass is 266 g/mol. The molecule has 3 N–H and O–H groups in total. The van der Waals surface area contributed by atoms with E-state index in [9.17, 15) is 4.79 Å². The van der Waals surface area contributed by atoms with E-state index in [0.29, 0.717) is 25.0 Å². The highest BCUT2D eigenvalue weighted by Gasteiger charge is 2.50. The molecule has 4 aliphatic carbocycles. The summed E-state index contributed by atoms with van der Waals surface area (Å²) < 4.78 is 5.11. The third kappa shape index (κ3) is 2.52. The molecule has 4 heteroatoms. The van der Waals surface area contributed by atoms with E-state index in [-0.39, 0.29) is 17.9 Å². The van der Waals surface area contributed by atoms with E-state index >= 15 is 0 Å². The summed E-state index contributed by atoms with van der Waals surface area (Å²) in [6.45, 7) is 0.961. The van der Waals surface area contributed by atoms with E-state index in [2.05, 4.69) is 5.32 Å². The summed E-state index contributed by atoms with van der Waals surface area (Å²) in [5, 5.41) is 3.11. The first-order valence-corrected chi connectivity index (χ1v) is 7.70. The highest BCUT2D eigenvalue weighted by Crippen LogP contribution is 2.56. The van der Waals surface area contributed by atoms with Gasteiger partial charge in [-0.25, -0.2) is 0 Å². The van der Waals surface area contributed by atoms with Crippen molar-refractivity contribution in [2.75, 3.05) is 20.3 Å². The number of amides is 1. The van der Waals surface area contributed by atoms with Gasteiger partial charge in [-0.3, -0.25) is 4.79 Å². The molecule has 1 amide bonds. The molecule has 0 radical (unpaired) electrons. The van der Waals surface area contributed by atoms with Gasteiger partial charge in [0, 0.05) is 19.6 Å². The fourth-order valence-corrected chi connectivity index (χ4v) is 5.02. The molecule has 4 saturated carbocycles. The lowest BCUT2D eigenvalue weighted by atomic mass is 9.51. The van der Waals surface area contributed by atoms with Crippen LogP contribution >= 0.6 is 0 Å². The number of hydrogen-bond acceptors (Lipinski definition) is 3. The van der Waals surface area contributed by atoms with Crippen LogP contribution in [0, 0.1) is 29.6 Å². The van der Waals surface area contributed by atoms with Gasteiger partial charge in [0.15, 0.2) is 0 Å². The Bertz CT molecular complexity index is 317. The van der Waals surface area contributed by atoms with Crippen LogP contribution in [0.25, 0.3) is 0 Å². The van der Waals surface area contributed by atoms with E-state index in [0.717, 1.165) is 11.8 Å². The number of carbonyl (C=O) groups excluding carboxylic acids is 1. The minimum atomic E-state index is -0.0327. The zero-order valence-corrected chi connectivity index (χ0v) is 11.8. The molecule has 0 aliphatic heterocycles. The molecule has 0 spiro atoms. The maximum Gasteiger partial charge on any atom is 0.224 e. The van der Waals surface area contributed by atoms with Crippen molar-refractivity contribution in [1.82, 2.24) is 5.32 Å². The average Bonchev–Trinajstić information content (AvgIpc) is 2.36. The second kappa shape index (κ2) is 5.41. The smallest absolute Gasteiger partial charge is 0.224 e. The van der Waals surface area contributed by atoms with Crippen LogP contribution < -0.4 is 11.1 Å². The zero-order valence-electron chi connectivity index (χ0n) is 11.8. The Hall–Kier alpha value is -0.610. The molecule has 19 heavy (non-hydrogen) atoms. The standard InChI is InChI=1S/C15H26N2O2/c1-19-8-13(7-16)17-15(18)14-11-3-9-2-10(5-11)6-12(14)4-9/h9-14H,2-8,16H2,1H3,(H,17,18). The first-order valence-electron chi connectivity index (χ1n) is 7.70. The fraction of sp³-hybridized carbons (Fsp3) is 0.933. The summed E-state index contributed by atoms with van der Waals surface area (Å²) in [6, 6.07) is -0.0327. The molecule has 0 aromatic carbocycles. The Morgan fingerprint density at radius 2 is 1.79 bits per heavy atom. The van der Waals surface area contributed by atoms with Gasteiger partial charge in [0.25, 0.3) is 0 Å². The lowest BCUT2D eigenvalue weighted by Gasteiger charge is -2.53. The number of nitrogens with one attached hydrogen (secondary N) is 1. The SMILES string of the molecule is COCC(CN)NC(=O)C1C2CC3CC(C2)CC1C3. The summed E-state index contributed by atoms with van der Waals surface area (Å²) in [7, 11) is 1.65. The van der Waals surface area contributed by atoms with Crippen LogP contribution in [-0.4, -0.2) is 32.2 Å². The lowest BCUT2D eigenvalue weighted by molar-refractivity contribution is -0.139. The number of hydrogen-bond donors (Lipinski definition) is 2. The van der Waals surface area contributed by atoms with Gasteiger partial charge in [0.1, 0.15) is 0 Å². The second-order valence-corrected chi connectivity index (χ2v) is 6.85. The maximum atomic E-state index is 12.6. The second-order valence-electron chi connectivity index (χ2n) is 6.85. The van der Waals surface area contributed by atoms with Gasteiger partial charge in [-0.15, -0.1) is 0 Å². The molecule has 0 aromatic rings. The molecule has 0 saturated heterocycles. The molecule has 1 atom stereocenters. The Morgan fingerprint density at radius 3 is 2.26 bits per heavy atom. The number of ether oxygens (including phenoxy) is 1. The van der Waals surface area contributed by atoms with Crippen LogP contribution in [0.5, 0.6) is 0 Å². The fourth-order valence-electron chi connectivity index (χ4n) is 5.02. The molecule has 4 bridgehead atoms. The molecule has 1 unspecified atom stereocenters. The van der Waals surface area contributed by atoms with Gasteiger partial charge in [0.2, 0.25) is 5.91 Å². The van der Waals surface area contributed by atoms with Gasteiger partial charge in [-0.1, -0.05) is 0 Å². The Labute approximate surface area is 115 Å². The van der Waals surface area contributed by atoms with Gasteiger partial charge in [-0.05, 0) is 55.8 Å². The minimum Gasteiger partial charge on any atom is -0.383 e. The summed E-state index contributed by atoms with van der Waals surface area (Å²) in [6.07, 6.45) is 6.55. The van der Waals surface area contributed by atoms with Crippen molar-refractivity contribution in [1.29, 1.82) is 0 Å². The molecule has 4 rings (SSSR count). The van der Waals surface area contributed by atoms with Crippen molar-refractivity contribution in [3.63, 3.8) is 0 Å². The van der Waals surface area contributed by atoms with Crippen molar-refractivity contribution < 1.29 is 9.53 Å². The quantitative estimate of drug-likeness (QED) is 0.784. The molecule has 108 valence electrons. The number of nitrogens with two attached hydrogens (primary N) is 1. The van der Waals surface area contributed by atoms with E-state index in [4.69, 9.17) is 10.5 Å². The first kappa shape index (κ1) is 13.4. The summed E-state index contributed by atoms with van der Waals surface area (Å²) in [5.74, 6) is 3.58. The normalized spacial score (nSPS) is 41.3. The molecule has 4 nitrogen and oxygen atoms in total. The molecule has 4 aliphatic rings. The van der Waals surface area contributed by atoms with Crippen LogP contribution in [0.4, 0.5) is 0 Å². The molecule has 0 heterocycles. The Morgan fingerprint density at radius 1 is 1.21 bits per heavy atom. The summed E-state index contributed by atoms with van der Waals surface area (Å²) in [4.78, 5) is 12.6. The number of methoxy groups -OCH3 is 1. The number of carbonyl (C=O) groups is 1. The van der Waals surface area contributed by atoms with Crippen LogP contribution in [0.1, 0.15) is 32.1 Å². The summed E-state index contributed by atoms with van der Waals surface area (Å²) in [5.41, 5.74) is 5.69. The van der Waals surface area contributed by atoms with E-state index in [1.807, 2.05) is 0 Å². The largest absolute Gasteiger partial charge is 0.383 e. The van der Waals surface area contributed by atoms with Gasteiger partial charge in [-0.2, -0.15) is 0 Å². The highest BCUT2D eigenvalue weighted by atomic mass is 16.5. The average molecular weight is 266 g/mol. The Kier molecular flexibility index (Phi) is 3.81. The zero-order chi connectivity index (χ0) is 13.4. The highest BCUT2D eigenvalue weighted by molar-refractivity contribution is 5.80. The number of rotatable bonds is 5. The van der Waals surface area contributed by atoms with E-state index in [1.165, 1.54) is 32.1 Å². The minimum absolute atomic E-state index is 0.0327. The van der Waals surface area contributed by atoms with Gasteiger partial charge < -0.3 is 15.8 Å². The van der Waals surface area contributed by atoms with Crippen LogP contribution in [-0.2, 0) is 9.53 Å². The third-order valence-electron chi connectivity index (χ3n) is 5.53. The van der Waals surface area contributed by atoms with Crippen LogP contribution in [0.3, 0.4) is 0 Å². The van der Waals surface area contributed by atoms with Crippen molar-refractivity contribution in [3.05, 3.63) is 0 Å².